The maximum atomic E-state index is 13.1. The first-order valence-electron chi connectivity index (χ1n) is 11.0. The van der Waals surface area contributed by atoms with Crippen molar-refractivity contribution in [1.82, 2.24) is 9.97 Å². The first-order chi connectivity index (χ1) is 16.8. The highest BCUT2D eigenvalue weighted by atomic mass is 19.4. The number of alkyl halides is 3. The molecule has 35 heavy (non-hydrogen) atoms. The Labute approximate surface area is 200 Å². The molecule has 1 aliphatic rings. The Bertz CT molecular complexity index is 1210. The SMILES string of the molecule is COC(=O)c1cc(-c2cccc(C(F)(F)F)c2)ccc1NC(=O)C1CCN(c2ncccn2)CC1. The Morgan fingerprint density at radius 1 is 1.00 bits per heavy atom. The number of benzene rings is 2. The molecule has 0 spiro atoms. The molecule has 0 aliphatic carbocycles. The van der Waals surface area contributed by atoms with Crippen LogP contribution in [-0.4, -0.2) is 42.0 Å². The van der Waals surface area contributed by atoms with E-state index in [1.54, 1.807) is 24.5 Å². The molecule has 1 saturated heterocycles. The number of halogens is 3. The van der Waals surface area contributed by atoms with Crippen molar-refractivity contribution in [2.24, 2.45) is 5.92 Å². The summed E-state index contributed by atoms with van der Waals surface area (Å²) < 4.78 is 44.2. The Kier molecular flexibility index (Phi) is 6.99. The summed E-state index contributed by atoms with van der Waals surface area (Å²) in [5.41, 5.74) is 0.195. The van der Waals surface area contributed by atoms with Crippen molar-refractivity contribution < 1.29 is 27.5 Å². The molecule has 1 N–H and O–H groups in total. The zero-order valence-corrected chi connectivity index (χ0v) is 18.9. The minimum Gasteiger partial charge on any atom is -0.465 e. The lowest BCUT2D eigenvalue weighted by Crippen LogP contribution is -2.39. The molecule has 4 rings (SSSR count). The molecule has 0 saturated carbocycles. The zero-order valence-electron chi connectivity index (χ0n) is 18.9. The molecule has 182 valence electrons. The van der Waals surface area contributed by atoms with Crippen LogP contribution < -0.4 is 10.2 Å². The van der Waals surface area contributed by atoms with E-state index in [-0.39, 0.29) is 23.1 Å². The van der Waals surface area contributed by atoms with Gasteiger partial charge in [0.25, 0.3) is 0 Å². The smallest absolute Gasteiger partial charge is 0.416 e. The number of hydrogen-bond donors (Lipinski definition) is 1. The fourth-order valence-corrected chi connectivity index (χ4v) is 4.02. The van der Waals surface area contributed by atoms with Crippen LogP contribution in [0, 0.1) is 5.92 Å². The molecule has 0 radical (unpaired) electrons. The number of carbonyl (C=O) groups excluding carboxylic acids is 2. The van der Waals surface area contributed by atoms with Gasteiger partial charge < -0.3 is 15.0 Å². The molecule has 2 aromatic carbocycles. The van der Waals surface area contributed by atoms with Gasteiger partial charge in [-0.25, -0.2) is 14.8 Å². The Hall–Kier alpha value is -3.95. The van der Waals surface area contributed by atoms with E-state index >= 15 is 0 Å². The Balaban J connectivity index is 1.51. The van der Waals surface area contributed by atoms with Crippen LogP contribution in [0.5, 0.6) is 0 Å². The van der Waals surface area contributed by atoms with Crippen LogP contribution in [0.25, 0.3) is 11.1 Å². The van der Waals surface area contributed by atoms with E-state index in [0.717, 1.165) is 12.1 Å². The highest BCUT2D eigenvalue weighted by Crippen LogP contribution is 2.33. The molecular weight excluding hydrogens is 461 g/mol. The third-order valence-corrected chi connectivity index (χ3v) is 5.91. The summed E-state index contributed by atoms with van der Waals surface area (Å²) in [4.78, 5) is 35.8. The summed E-state index contributed by atoms with van der Waals surface area (Å²) in [7, 11) is 1.20. The molecule has 3 aromatic rings. The Morgan fingerprint density at radius 2 is 1.69 bits per heavy atom. The van der Waals surface area contributed by atoms with E-state index in [4.69, 9.17) is 4.74 Å². The van der Waals surface area contributed by atoms with Gasteiger partial charge in [-0.3, -0.25) is 4.79 Å². The predicted molar refractivity (Wildman–Crippen MR) is 124 cm³/mol. The van der Waals surface area contributed by atoms with Gasteiger partial charge in [-0.1, -0.05) is 18.2 Å². The van der Waals surface area contributed by atoms with Crippen molar-refractivity contribution in [3.05, 3.63) is 72.1 Å². The fourth-order valence-electron chi connectivity index (χ4n) is 4.02. The maximum absolute atomic E-state index is 13.1. The number of carbonyl (C=O) groups is 2. The van der Waals surface area contributed by atoms with E-state index in [1.165, 1.54) is 31.4 Å². The third-order valence-electron chi connectivity index (χ3n) is 5.91. The maximum Gasteiger partial charge on any atom is 0.416 e. The largest absolute Gasteiger partial charge is 0.465 e. The number of nitrogens with zero attached hydrogens (tertiary/aromatic N) is 3. The second-order valence-electron chi connectivity index (χ2n) is 8.13. The predicted octanol–water partition coefficient (Wildman–Crippen LogP) is 4.80. The summed E-state index contributed by atoms with van der Waals surface area (Å²) in [5, 5.41) is 2.79. The van der Waals surface area contributed by atoms with Crippen molar-refractivity contribution >= 4 is 23.5 Å². The summed E-state index contributed by atoms with van der Waals surface area (Å²) in [5.74, 6) is -0.603. The normalized spacial score (nSPS) is 14.5. The van der Waals surface area contributed by atoms with Crippen LogP contribution in [0.4, 0.5) is 24.8 Å². The van der Waals surface area contributed by atoms with E-state index in [9.17, 15) is 22.8 Å². The number of methoxy groups -OCH3 is 1. The lowest BCUT2D eigenvalue weighted by molar-refractivity contribution is -0.137. The number of aromatic nitrogens is 2. The van der Waals surface area contributed by atoms with Crippen molar-refractivity contribution in [2.45, 2.75) is 19.0 Å². The zero-order chi connectivity index (χ0) is 25.0. The van der Waals surface area contributed by atoms with Gasteiger partial charge in [0.1, 0.15) is 0 Å². The van der Waals surface area contributed by atoms with Gasteiger partial charge in [0.2, 0.25) is 11.9 Å². The summed E-state index contributed by atoms with van der Waals surface area (Å²) in [6.45, 7) is 1.22. The fraction of sp³-hybridized carbons (Fsp3) is 0.280. The molecule has 0 atom stereocenters. The topological polar surface area (TPSA) is 84.4 Å². The number of anilines is 2. The number of hydrogen-bond acceptors (Lipinski definition) is 6. The molecule has 10 heteroatoms. The molecule has 0 bridgehead atoms. The number of nitrogens with one attached hydrogen (secondary N) is 1. The van der Waals surface area contributed by atoms with E-state index < -0.39 is 17.7 Å². The van der Waals surface area contributed by atoms with Gasteiger partial charge in [-0.05, 0) is 54.3 Å². The van der Waals surface area contributed by atoms with Crippen LogP contribution in [0.3, 0.4) is 0 Å². The van der Waals surface area contributed by atoms with Gasteiger partial charge in [-0.15, -0.1) is 0 Å². The molecule has 1 amide bonds. The summed E-state index contributed by atoms with van der Waals surface area (Å²) >= 11 is 0. The number of amides is 1. The average molecular weight is 484 g/mol. The van der Waals surface area contributed by atoms with E-state index in [2.05, 4.69) is 15.3 Å². The number of esters is 1. The van der Waals surface area contributed by atoms with Gasteiger partial charge in [0, 0.05) is 31.4 Å². The number of ether oxygens (including phenoxy) is 1. The third kappa shape index (κ3) is 5.59. The number of rotatable bonds is 5. The lowest BCUT2D eigenvalue weighted by atomic mass is 9.95. The minimum atomic E-state index is -4.49. The van der Waals surface area contributed by atoms with Crippen molar-refractivity contribution in [2.75, 3.05) is 30.4 Å². The first-order valence-corrected chi connectivity index (χ1v) is 11.0. The monoisotopic (exact) mass is 484 g/mol. The van der Waals surface area contributed by atoms with Crippen molar-refractivity contribution in [3.63, 3.8) is 0 Å². The van der Waals surface area contributed by atoms with Gasteiger partial charge >= 0.3 is 12.1 Å². The van der Waals surface area contributed by atoms with Crippen LogP contribution in [0.15, 0.2) is 60.9 Å². The second kappa shape index (κ2) is 10.1. The first kappa shape index (κ1) is 24.2. The Morgan fingerprint density at radius 3 is 2.34 bits per heavy atom. The van der Waals surface area contributed by atoms with E-state index in [0.29, 0.717) is 43.0 Å². The standard InChI is InChI=1S/C25H23F3N4O3/c1-35-23(34)20-15-18(17-4-2-5-19(14-17)25(26,27)28)6-7-21(20)31-22(33)16-8-12-32(13-9-16)24-29-10-3-11-30-24/h2-7,10-11,14-16H,8-9,12-13H2,1H3,(H,31,33). The molecular formula is C25H23F3N4O3. The molecule has 1 aliphatic heterocycles. The van der Waals surface area contributed by atoms with Crippen molar-refractivity contribution in [1.29, 1.82) is 0 Å². The van der Waals surface area contributed by atoms with Crippen LogP contribution in [0.2, 0.25) is 0 Å². The average Bonchev–Trinajstić information content (AvgIpc) is 2.88. The summed E-state index contributed by atoms with van der Waals surface area (Å²) in [6, 6.07) is 11.0. The highest BCUT2D eigenvalue weighted by molar-refractivity contribution is 6.03. The molecule has 7 nitrogen and oxygen atoms in total. The lowest BCUT2D eigenvalue weighted by Gasteiger charge is -2.31. The minimum absolute atomic E-state index is 0.0610. The molecule has 2 heterocycles. The molecule has 0 unspecified atom stereocenters. The van der Waals surface area contributed by atoms with Crippen LogP contribution >= 0.6 is 0 Å². The van der Waals surface area contributed by atoms with Crippen LogP contribution in [0.1, 0.15) is 28.8 Å². The van der Waals surface area contributed by atoms with E-state index in [1.807, 2.05) is 4.90 Å². The summed E-state index contributed by atoms with van der Waals surface area (Å²) in [6.07, 6.45) is 0.00819. The number of piperidine rings is 1. The van der Waals surface area contributed by atoms with Gasteiger partial charge in [0.15, 0.2) is 0 Å². The van der Waals surface area contributed by atoms with Crippen molar-refractivity contribution in [3.8, 4) is 11.1 Å². The van der Waals surface area contributed by atoms with Gasteiger partial charge in [-0.2, -0.15) is 13.2 Å². The highest BCUT2D eigenvalue weighted by Gasteiger charge is 2.31. The second-order valence-corrected chi connectivity index (χ2v) is 8.13. The molecule has 1 fully saturated rings. The molecule has 1 aromatic heterocycles. The quantitative estimate of drug-likeness (QED) is 0.524. The van der Waals surface area contributed by atoms with Gasteiger partial charge in [0.05, 0.1) is 23.9 Å². The van der Waals surface area contributed by atoms with Crippen LogP contribution in [-0.2, 0) is 15.7 Å².